The predicted octanol–water partition coefficient (Wildman–Crippen LogP) is 1.45. The molecule has 1 unspecified atom stereocenters. The van der Waals surface area contributed by atoms with Crippen LogP contribution in [0.3, 0.4) is 0 Å². The van der Waals surface area contributed by atoms with Gasteiger partial charge in [-0.3, -0.25) is 9.69 Å². The summed E-state index contributed by atoms with van der Waals surface area (Å²) in [7, 11) is 3.67. The van der Waals surface area contributed by atoms with E-state index in [1.54, 1.807) is 4.90 Å². The number of hydrogen-bond donors (Lipinski definition) is 0. The highest BCUT2D eigenvalue weighted by atomic mass is 16.2. The van der Waals surface area contributed by atoms with E-state index in [4.69, 9.17) is 0 Å². The van der Waals surface area contributed by atoms with Crippen LogP contribution in [-0.2, 0) is 4.79 Å². The molecule has 1 atom stereocenters. The maximum Gasteiger partial charge on any atom is 0.244 e. The summed E-state index contributed by atoms with van der Waals surface area (Å²) < 4.78 is 0. The van der Waals surface area contributed by atoms with Crippen molar-refractivity contribution < 1.29 is 4.79 Å². The number of hydrogen-bond acceptors (Lipinski definition) is 3. The lowest BCUT2D eigenvalue weighted by Gasteiger charge is -2.39. The average molecular weight is 275 g/mol. The fourth-order valence-electron chi connectivity index (χ4n) is 2.73. The van der Waals surface area contributed by atoms with Crippen LogP contribution in [0, 0.1) is 0 Å². The van der Waals surface area contributed by atoms with E-state index in [-0.39, 0.29) is 11.9 Å². The molecule has 1 fully saturated rings. The van der Waals surface area contributed by atoms with Gasteiger partial charge in [-0.05, 0) is 12.1 Å². The van der Waals surface area contributed by atoms with Crippen LogP contribution in [0.25, 0.3) is 0 Å². The number of benzene rings is 1. The topological polar surface area (TPSA) is 26.8 Å². The molecule has 1 aromatic carbocycles. The van der Waals surface area contributed by atoms with Crippen molar-refractivity contribution in [2.75, 3.05) is 46.8 Å². The molecule has 20 heavy (non-hydrogen) atoms. The summed E-state index contributed by atoms with van der Waals surface area (Å²) in [5.41, 5.74) is 1.09. The van der Waals surface area contributed by atoms with E-state index in [9.17, 15) is 4.79 Å². The van der Waals surface area contributed by atoms with Gasteiger partial charge in [0, 0.05) is 40.3 Å². The van der Waals surface area contributed by atoms with Gasteiger partial charge in [-0.15, -0.1) is 0 Å². The fourth-order valence-corrected chi connectivity index (χ4v) is 2.73. The van der Waals surface area contributed by atoms with E-state index < -0.39 is 0 Å². The minimum Gasteiger partial charge on any atom is -0.347 e. The predicted molar refractivity (Wildman–Crippen MR) is 81.6 cm³/mol. The van der Waals surface area contributed by atoms with Crippen LogP contribution in [0.15, 0.2) is 30.3 Å². The molecule has 1 aliphatic heterocycles. The first-order valence-corrected chi connectivity index (χ1v) is 7.36. The van der Waals surface area contributed by atoms with E-state index in [1.807, 2.05) is 32.3 Å². The molecular formula is C16H25N3O. The number of piperazine rings is 1. The molecule has 4 heteroatoms. The van der Waals surface area contributed by atoms with E-state index in [1.165, 1.54) is 0 Å². The molecule has 0 saturated carbocycles. The molecule has 0 bridgehead atoms. The number of likely N-dealkylation sites (N-methyl/N-ethyl adjacent to an activating group) is 2. The second kappa shape index (κ2) is 6.86. The summed E-state index contributed by atoms with van der Waals surface area (Å²) in [4.78, 5) is 19.0. The van der Waals surface area contributed by atoms with Crippen LogP contribution < -0.4 is 0 Å². The summed E-state index contributed by atoms with van der Waals surface area (Å²) in [6, 6.07) is 9.97. The Hall–Kier alpha value is -1.39. The Balaban J connectivity index is 2.18. The lowest BCUT2D eigenvalue weighted by molar-refractivity contribution is -0.135. The third-order valence-corrected chi connectivity index (χ3v) is 4.01. The zero-order chi connectivity index (χ0) is 14.5. The molecule has 0 spiro atoms. The van der Waals surface area contributed by atoms with E-state index in [0.29, 0.717) is 0 Å². The van der Waals surface area contributed by atoms with Crippen LogP contribution in [0.1, 0.15) is 18.5 Å². The second-order valence-electron chi connectivity index (χ2n) is 5.52. The first-order valence-electron chi connectivity index (χ1n) is 7.36. The van der Waals surface area contributed by atoms with Crippen molar-refractivity contribution in [3.63, 3.8) is 0 Å². The monoisotopic (exact) mass is 275 g/mol. The first-order chi connectivity index (χ1) is 9.63. The molecule has 0 aromatic heterocycles. The Labute approximate surface area is 122 Å². The third-order valence-electron chi connectivity index (χ3n) is 4.01. The zero-order valence-corrected chi connectivity index (χ0v) is 12.7. The minimum absolute atomic E-state index is 0.148. The molecule has 0 N–H and O–H groups in total. The lowest BCUT2D eigenvalue weighted by Crippen LogP contribution is -2.50. The molecule has 1 aliphatic rings. The Morgan fingerprint density at radius 2 is 1.75 bits per heavy atom. The molecule has 0 aliphatic carbocycles. The van der Waals surface area contributed by atoms with Crippen molar-refractivity contribution >= 4 is 5.91 Å². The molecule has 1 amide bonds. The van der Waals surface area contributed by atoms with Gasteiger partial charge in [0.2, 0.25) is 5.91 Å². The molecule has 1 saturated heterocycles. The first kappa shape index (κ1) is 15.0. The van der Waals surface area contributed by atoms with Crippen molar-refractivity contribution in [2.45, 2.75) is 13.0 Å². The van der Waals surface area contributed by atoms with Gasteiger partial charge < -0.3 is 9.80 Å². The molecule has 2 rings (SSSR count). The SMILES string of the molecule is CCN1CCN(C(C(=O)N(C)C)c2ccccc2)CC1. The third kappa shape index (κ3) is 3.38. The summed E-state index contributed by atoms with van der Waals surface area (Å²) in [5, 5.41) is 0. The van der Waals surface area contributed by atoms with Gasteiger partial charge in [-0.2, -0.15) is 0 Å². The quantitative estimate of drug-likeness (QED) is 0.832. The second-order valence-corrected chi connectivity index (χ2v) is 5.52. The Morgan fingerprint density at radius 1 is 1.15 bits per heavy atom. The normalized spacial score (nSPS) is 18.8. The molecule has 4 nitrogen and oxygen atoms in total. The van der Waals surface area contributed by atoms with Crippen molar-refractivity contribution in [1.82, 2.24) is 14.7 Å². The molecule has 1 heterocycles. The van der Waals surface area contributed by atoms with E-state index >= 15 is 0 Å². The Bertz CT molecular complexity index is 425. The highest BCUT2D eigenvalue weighted by Gasteiger charge is 2.30. The summed E-state index contributed by atoms with van der Waals surface area (Å²) in [6.07, 6.45) is 0. The standard InChI is InChI=1S/C16H25N3O/c1-4-18-10-12-19(13-11-18)15(16(20)17(2)3)14-8-6-5-7-9-14/h5-9,15H,4,10-13H2,1-3H3. The minimum atomic E-state index is -0.148. The zero-order valence-electron chi connectivity index (χ0n) is 12.7. The van der Waals surface area contributed by atoms with Gasteiger partial charge in [0.1, 0.15) is 6.04 Å². The van der Waals surface area contributed by atoms with Crippen LogP contribution in [-0.4, -0.2) is 67.4 Å². The van der Waals surface area contributed by atoms with Crippen LogP contribution >= 0.6 is 0 Å². The summed E-state index contributed by atoms with van der Waals surface area (Å²) >= 11 is 0. The van der Waals surface area contributed by atoms with Crippen molar-refractivity contribution in [2.24, 2.45) is 0 Å². The van der Waals surface area contributed by atoms with E-state index in [0.717, 1.165) is 38.3 Å². The smallest absolute Gasteiger partial charge is 0.244 e. The van der Waals surface area contributed by atoms with Gasteiger partial charge in [-0.1, -0.05) is 37.3 Å². The van der Waals surface area contributed by atoms with Crippen LogP contribution in [0.4, 0.5) is 0 Å². The van der Waals surface area contributed by atoms with Crippen LogP contribution in [0.2, 0.25) is 0 Å². The van der Waals surface area contributed by atoms with Gasteiger partial charge in [0.05, 0.1) is 0 Å². The number of rotatable bonds is 4. The maximum absolute atomic E-state index is 12.6. The van der Waals surface area contributed by atoms with E-state index in [2.05, 4.69) is 28.9 Å². The molecular weight excluding hydrogens is 250 g/mol. The number of amides is 1. The summed E-state index contributed by atoms with van der Waals surface area (Å²) in [5.74, 6) is 0.168. The maximum atomic E-state index is 12.6. The number of carbonyl (C=O) groups is 1. The van der Waals surface area contributed by atoms with Gasteiger partial charge in [-0.25, -0.2) is 0 Å². The van der Waals surface area contributed by atoms with Gasteiger partial charge in [0.25, 0.3) is 0 Å². The highest BCUT2D eigenvalue weighted by Crippen LogP contribution is 2.23. The highest BCUT2D eigenvalue weighted by molar-refractivity contribution is 5.82. The largest absolute Gasteiger partial charge is 0.347 e. The van der Waals surface area contributed by atoms with Crippen molar-refractivity contribution in [3.8, 4) is 0 Å². The Morgan fingerprint density at radius 3 is 2.25 bits per heavy atom. The molecule has 0 radical (unpaired) electrons. The number of carbonyl (C=O) groups excluding carboxylic acids is 1. The van der Waals surface area contributed by atoms with Gasteiger partial charge in [0.15, 0.2) is 0 Å². The number of nitrogens with zero attached hydrogens (tertiary/aromatic N) is 3. The van der Waals surface area contributed by atoms with Gasteiger partial charge >= 0.3 is 0 Å². The summed E-state index contributed by atoms with van der Waals surface area (Å²) in [6.45, 7) is 7.27. The van der Waals surface area contributed by atoms with Crippen molar-refractivity contribution in [3.05, 3.63) is 35.9 Å². The Kier molecular flexibility index (Phi) is 5.15. The molecule has 1 aromatic rings. The average Bonchev–Trinajstić information content (AvgIpc) is 2.49. The lowest BCUT2D eigenvalue weighted by atomic mass is 10.0. The van der Waals surface area contributed by atoms with Crippen molar-refractivity contribution in [1.29, 1.82) is 0 Å². The van der Waals surface area contributed by atoms with Crippen LogP contribution in [0.5, 0.6) is 0 Å². The molecule has 110 valence electrons. The fraction of sp³-hybridized carbons (Fsp3) is 0.562.